The van der Waals surface area contributed by atoms with Crippen LogP contribution in [0.25, 0.3) is 0 Å². The number of ether oxygens (including phenoxy) is 1. The third-order valence-corrected chi connectivity index (χ3v) is 5.14. The lowest BCUT2D eigenvalue weighted by atomic mass is 10.2. The highest BCUT2D eigenvalue weighted by Crippen LogP contribution is 2.38. The fourth-order valence-electron chi connectivity index (χ4n) is 2.33. The zero-order valence-corrected chi connectivity index (χ0v) is 15.0. The summed E-state index contributed by atoms with van der Waals surface area (Å²) in [5, 5.41) is 5.69. The van der Waals surface area contributed by atoms with Gasteiger partial charge in [0.15, 0.2) is 0 Å². The first-order chi connectivity index (χ1) is 12.0. The number of thioether (sulfide) groups is 1. The molecule has 0 aliphatic carbocycles. The van der Waals surface area contributed by atoms with Gasteiger partial charge in [-0.15, -0.1) is 11.8 Å². The van der Waals surface area contributed by atoms with Crippen LogP contribution in [0, 0.1) is 0 Å². The van der Waals surface area contributed by atoms with Crippen molar-refractivity contribution in [3.8, 4) is 5.88 Å². The van der Waals surface area contributed by atoms with Crippen LogP contribution in [-0.4, -0.2) is 29.2 Å². The first-order valence-corrected chi connectivity index (χ1v) is 8.83. The zero-order chi connectivity index (χ0) is 17.8. The molecule has 0 spiro atoms. The molecule has 25 heavy (non-hydrogen) atoms. The summed E-state index contributed by atoms with van der Waals surface area (Å²) in [6, 6.07) is 8.87. The van der Waals surface area contributed by atoms with Gasteiger partial charge in [0.2, 0.25) is 17.7 Å². The lowest BCUT2D eigenvalue weighted by Crippen LogP contribution is -2.34. The van der Waals surface area contributed by atoms with Gasteiger partial charge in [-0.05, 0) is 23.8 Å². The number of nitrogens with zero attached hydrogens (tertiary/aromatic N) is 1. The number of aromatic nitrogens is 1. The van der Waals surface area contributed by atoms with Crippen LogP contribution in [0.3, 0.4) is 0 Å². The van der Waals surface area contributed by atoms with E-state index in [9.17, 15) is 9.59 Å². The van der Waals surface area contributed by atoms with Crippen LogP contribution < -0.4 is 15.4 Å². The van der Waals surface area contributed by atoms with E-state index in [-0.39, 0.29) is 18.2 Å². The van der Waals surface area contributed by atoms with Crippen LogP contribution in [0.2, 0.25) is 5.02 Å². The lowest BCUT2D eigenvalue weighted by Gasteiger charge is -2.23. The second kappa shape index (κ2) is 7.76. The molecule has 130 valence electrons. The maximum absolute atomic E-state index is 12.2. The number of methoxy groups -OCH3 is 1. The normalized spacial score (nSPS) is 15.9. The third kappa shape index (κ3) is 4.43. The minimum atomic E-state index is -0.470. The smallest absolute Gasteiger partial charge is 0.238 e. The molecule has 1 aliphatic rings. The number of carbonyl (C=O) groups excluding carboxylic acids is 2. The van der Waals surface area contributed by atoms with E-state index in [4.69, 9.17) is 16.3 Å². The SMILES string of the molecule is COc1ccc(CNC(=O)C[C@H]2Sc3ccc(Cl)cc3NC2=O)cn1. The topological polar surface area (TPSA) is 80.3 Å². The molecule has 1 atom stereocenters. The van der Waals surface area contributed by atoms with Gasteiger partial charge in [0.05, 0.1) is 18.0 Å². The van der Waals surface area contributed by atoms with Gasteiger partial charge < -0.3 is 15.4 Å². The Kier molecular flexibility index (Phi) is 5.45. The summed E-state index contributed by atoms with van der Waals surface area (Å²) >= 11 is 7.29. The maximum atomic E-state index is 12.2. The number of rotatable bonds is 5. The zero-order valence-electron chi connectivity index (χ0n) is 13.4. The Morgan fingerprint density at radius 1 is 1.40 bits per heavy atom. The number of amides is 2. The average molecular weight is 378 g/mol. The van der Waals surface area contributed by atoms with Crippen LogP contribution in [0.4, 0.5) is 5.69 Å². The first-order valence-electron chi connectivity index (χ1n) is 7.58. The van der Waals surface area contributed by atoms with Crippen LogP contribution in [-0.2, 0) is 16.1 Å². The van der Waals surface area contributed by atoms with Gasteiger partial charge in [-0.1, -0.05) is 17.7 Å². The molecular weight excluding hydrogens is 362 g/mol. The van der Waals surface area contributed by atoms with Crippen LogP contribution >= 0.6 is 23.4 Å². The van der Waals surface area contributed by atoms with Crippen molar-refractivity contribution in [3.05, 3.63) is 47.1 Å². The third-order valence-electron chi connectivity index (χ3n) is 3.63. The lowest BCUT2D eigenvalue weighted by molar-refractivity contribution is -0.124. The van der Waals surface area contributed by atoms with E-state index < -0.39 is 5.25 Å². The average Bonchev–Trinajstić information content (AvgIpc) is 2.61. The number of nitrogens with one attached hydrogen (secondary N) is 2. The van der Waals surface area contributed by atoms with Gasteiger partial charge in [-0.2, -0.15) is 0 Å². The number of benzene rings is 1. The Balaban J connectivity index is 1.55. The number of pyridine rings is 1. The summed E-state index contributed by atoms with van der Waals surface area (Å²) in [6.07, 6.45) is 1.74. The second-order valence-corrected chi connectivity index (χ2v) is 7.11. The fourth-order valence-corrected chi connectivity index (χ4v) is 3.60. The highest BCUT2D eigenvalue weighted by atomic mass is 35.5. The molecule has 6 nitrogen and oxygen atoms in total. The number of carbonyl (C=O) groups is 2. The van der Waals surface area contributed by atoms with E-state index in [1.165, 1.54) is 11.8 Å². The van der Waals surface area contributed by atoms with Crippen molar-refractivity contribution in [1.29, 1.82) is 0 Å². The minimum Gasteiger partial charge on any atom is -0.481 e. The molecule has 0 saturated carbocycles. The molecule has 2 amide bonds. The Labute approximate surface area is 154 Å². The molecule has 0 bridgehead atoms. The van der Waals surface area contributed by atoms with Gasteiger partial charge >= 0.3 is 0 Å². The Bertz CT molecular complexity index is 798. The molecule has 2 N–H and O–H groups in total. The van der Waals surface area contributed by atoms with Crippen molar-refractivity contribution in [3.63, 3.8) is 0 Å². The molecule has 1 aliphatic heterocycles. The van der Waals surface area contributed by atoms with Crippen LogP contribution in [0.1, 0.15) is 12.0 Å². The quantitative estimate of drug-likeness (QED) is 0.837. The number of fused-ring (bicyclic) bond motifs is 1. The van der Waals surface area contributed by atoms with E-state index in [1.54, 1.807) is 31.5 Å². The molecule has 0 radical (unpaired) electrons. The highest BCUT2D eigenvalue weighted by Gasteiger charge is 2.29. The van der Waals surface area contributed by atoms with Crippen LogP contribution in [0.5, 0.6) is 5.88 Å². The molecule has 1 aromatic carbocycles. The summed E-state index contributed by atoms with van der Waals surface area (Å²) in [7, 11) is 1.54. The first kappa shape index (κ1) is 17.6. The number of halogens is 1. The van der Waals surface area contributed by atoms with Crippen molar-refractivity contribution in [2.45, 2.75) is 23.1 Å². The summed E-state index contributed by atoms with van der Waals surface area (Å²) in [5.41, 5.74) is 1.54. The van der Waals surface area contributed by atoms with Crippen molar-refractivity contribution in [1.82, 2.24) is 10.3 Å². The summed E-state index contributed by atoms with van der Waals surface area (Å²) in [4.78, 5) is 29.3. The maximum Gasteiger partial charge on any atom is 0.238 e. The van der Waals surface area contributed by atoms with Crippen LogP contribution in [0.15, 0.2) is 41.4 Å². The Morgan fingerprint density at radius 2 is 2.24 bits per heavy atom. The van der Waals surface area contributed by atoms with E-state index in [2.05, 4.69) is 15.6 Å². The molecule has 2 heterocycles. The molecule has 0 unspecified atom stereocenters. The van der Waals surface area contributed by atoms with Crippen molar-refractivity contribution >= 4 is 40.9 Å². The molecule has 0 fully saturated rings. The minimum absolute atomic E-state index is 0.0994. The summed E-state index contributed by atoms with van der Waals surface area (Å²) in [5.74, 6) is 0.131. The predicted octanol–water partition coefficient (Wildman–Crippen LogP) is 2.86. The molecule has 3 rings (SSSR count). The van der Waals surface area contributed by atoms with E-state index in [0.29, 0.717) is 23.1 Å². The van der Waals surface area contributed by atoms with Gasteiger partial charge in [0, 0.05) is 35.1 Å². The second-order valence-electron chi connectivity index (χ2n) is 5.43. The van der Waals surface area contributed by atoms with E-state index >= 15 is 0 Å². The van der Waals surface area contributed by atoms with Gasteiger partial charge in [0.1, 0.15) is 0 Å². The molecule has 2 aromatic rings. The molecule has 1 aromatic heterocycles. The predicted molar refractivity (Wildman–Crippen MR) is 97.0 cm³/mol. The fraction of sp³-hybridized carbons (Fsp3) is 0.235. The Morgan fingerprint density at radius 3 is 2.96 bits per heavy atom. The van der Waals surface area contributed by atoms with Crippen molar-refractivity contribution in [2.24, 2.45) is 0 Å². The van der Waals surface area contributed by atoms with Crippen molar-refractivity contribution < 1.29 is 14.3 Å². The molecule has 0 saturated heterocycles. The van der Waals surface area contributed by atoms with Gasteiger partial charge in [-0.3, -0.25) is 9.59 Å². The van der Waals surface area contributed by atoms with Gasteiger partial charge in [0.25, 0.3) is 0 Å². The highest BCUT2D eigenvalue weighted by molar-refractivity contribution is 8.01. The van der Waals surface area contributed by atoms with E-state index in [0.717, 1.165) is 10.5 Å². The molecule has 8 heteroatoms. The number of hydrogen-bond acceptors (Lipinski definition) is 5. The van der Waals surface area contributed by atoms with Gasteiger partial charge in [-0.25, -0.2) is 4.98 Å². The monoisotopic (exact) mass is 377 g/mol. The standard InChI is InChI=1S/C17H16ClN3O3S/c1-24-16-5-2-10(9-20-16)8-19-15(22)7-14-17(23)21-12-6-11(18)3-4-13(12)25-14/h2-6,9,14H,7-8H2,1H3,(H,19,22)(H,21,23)/t14-/m1/s1. The number of anilines is 1. The molecular formula is C17H16ClN3O3S. The number of hydrogen-bond donors (Lipinski definition) is 2. The Hall–Kier alpha value is -2.25. The van der Waals surface area contributed by atoms with Crippen molar-refractivity contribution in [2.75, 3.05) is 12.4 Å². The van der Waals surface area contributed by atoms with E-state index in [1.807, 2.05) is 12.1 Å². The summed E-state index contributed by atoms with van der Waals surface area (Å²) < 4.78 is 4.99. The summed E-state index contributed by atoms with van der Waals surface area (Å²) in [6.45, 7) is 0.348. The largest absolute Gasteiger partial charge is 0.481 e.